The van der Waals surface area contributed by atoms with Crippen LogP contribution in [0.4, 0.5) is 0 Å². The van der Waals surface area contributed by atoms with Crippen molar-refractivity contribution >= 4 is 5.91 Å². The van der Waals surface area contributed by atoms with E-state index in [4.69, 9.17) is 4.74 Å². The van der Waals surface area contributed by atoms with Crippen molar-refractivity contribution < 1.29 is 14.6 Å². The van der Waals surface area contributed by atoms with Gasteiger partial charge < -0.3 is 14.7 Å². The predicted octanol–water partition coefficient (Wildman–Crippen LogP) is 0.785. The summed E-state index contributed by atoms with van der Waals surface area (Å²) >= 11 is 0. The smallest absolute Gasteiger partial charge is 0.254 e. The third kappa shape index (κ3) is 3.18. The summed E-state index contributed by atoms with van der Waals surface area (Å²) in [6.07, 6.45) is 1.70. The molecule has 0 aromatic rings. The van der Waals surface area contributed by atoms with Crippen molar-refractivity contribution in [1.82, 2.24) is 4.90 Å². The van der Waals surface area contributed by atoms with Gasteiger partial charge in [-0.15, -0.1) is 0 Å². The molecule has 0 saturated carbocycles. The number of nitrogens with zero attached hydrogens (tertiary/aromatic N) is 1. The van der Waals surface area contributed by atoms with E-state index in [1.54, 1.807) is 25.8 Å². The summed E-state index contributed by atoms with van der Waals surface area (Å²) in [6, 6.07) is 0. The van der Waals surface area contributed by atoms with Gasteiger partial charge in [-0.3, -0.25) is 4.79 Å². The molecule has 1 N–H and O–H groups in total. The zero-order valence-corrected chi connectivity index (χ0v) is 10.0. The summed E-state index contributed by atoms with van der Waals surface area (Å²) in [7, 11) is 1.70. The Bertz CT molecular complexity index is 239. The largest absolute Gasteiger partial charge is 0.389 e. The van der Waals surface area contributed by atoms with Gasteiger partial charge in [-0.05, 0) is 33.6 Å². The maximum atomic E-state index is 12.0. The summed E-state index contributed by atoms with van der Waals surface area (Å²) < 4.78 is 5.47. The zero-order chi connectivity index (χ0) is 11.7. The van der Waals surface area contributed by atoms with Crippen LogP contribution in [0.2, 0.25) is 0 Å². The van der Waals surface area contributed by atoms with Gasteiger partial charge in [0.15, 0.2) is 0 Å². The van der Waals surface area contributed by atoms with Crippen LogP contribution in [0.3, 0.4) is 0 Å². The van der Waals surface area contributed by atoms with Crippen LogP contribution < -0.4 is 0 Å². The number of ether oxygens (including phenoxy) is 1. The highest BCUT2D eigenvalue weighted by Gasteiger charge is 2.40. The van der Waals surface area contributed by atoms with Crippen LogP contribution >= 0.6 is 0 Å². The highest BCUT2D eigenvalue weighted by molar-refractivity contribution is 5.85. The van der Waals surface area contributed by atoms with Crippen molar-refractivity contribution in [2.45, 2.75) is 44.8 Å². The number of hydrogen-bond donors (Lipinski definition) is 1. The van der Waals surface area contributed by atoms with Crippen molar-refractivity contribution in [1.29, 1.82) is 0 Å². The zero-order valence-electron chi connectivity index (χ0n) is 10.0. The third-order valence-electron chi connectivity index (χ3n) is 2.64. The molecule has 0 aliphatic carbocycles. The molecule has 0 radical (unpaired) electrons. The summed E-state index contributed by atoms with van der Waals surface area (Å²) in [4.78, 5) is 13.6. The first kappa shape index (κ1) is 12.5. The molecule has 0 aromatic heterocycles. The highest BCUT2D eigenvalue weighted by atomic mass is 16.5. The molecule has 0 spiro atoms. The third-order valence-corrected chi connectivity index (χ3v) is 2.64. The van der Waals surface area contributed by atoms with Gasteiger partial charge in [0.2, 0.25) is 0 Å². The van der Waals surface area contributed by atoms with Gasteiger partial charge in [0, 0.05) is 20.2 Å². The predicted molar refractivity (Wildman–Crippen MR) is 57.5 cm³/mol. The minimum atomic E-state index is -0.862. The van der Waals surface area contributed by atoms with Crippen LogP contribution in [0.25, 0.3) is 0 Å². The number of carbonyl (C=O) groups is 1. The molecule has 1 aliphatic rings. The quantitative estimate of drug-likeness (QED) is 0.757. The molecule has 1 aliphatic heterocycles. The lowest BCUT2D eigenvalue weighted by molar-refractivity contribution is -0.152. The Kier molecular flexibility index (Phi) is 3.41. The van der Waals surface area contributed by atoms with E-state index in [0.717, 1.165) is 12.8 Å². The minimum Gasteiger partial charge on any atom is -0.389 e. The van der Waals surface area contributed by atoms with E-state index in [2.05, 4.69) is 0 Å². The number of rotatable bonds is 3. The first-order valence-electron chi connectivity index (χ1n) is 5.36. The van der Waals surface area contributed by atoms with Crippen LogP contribution in [0.5, 0.6) is 0 Å². The van der Waals surface area contributed by atoms with Crippen LogP contribution in [0.1, 0.15) is 33.6 Å². The molecule has 1 unspecified atom stereocenters. The van der Waals surface area contributed by atoms with Gasteiger partial charge in [-0.25, -0.2) is 0 Å². The molecule has 15 heavy (non-hydrogen) atoms. The van der Waals surface area contributed by atoms with Crippen molar-refractivity contribution in [3.05, 3.63) is 0 Å². The van der Waals surface area contributed by atoms with Gasteiger partial charge in [-0.2, -0.15) is 0 Å². The minimum absolute atomic E-state index is 0.0397. The molecule has 1 heterocycles. The van der Waals surface area contributed by atoms with E-state index in [9.17, 15) is 9.90 Å². The standard InChI is InChI=1S/C11H21NO3/c1-10(2,14)8-12(4)9(13)11(3)6-5-7-15-11/h14H,5-8H2,1-4H3. The Labute approximate surface area is 91.2 Å². The van der Waals surface area contributed by atoms with Crippen LogP contribution in [0.15, 0.2) is 0 Å². The molecule has 1 rings (SSSR count). The SMILES string of the molecule is CN(CC(C)(C)O)C(=O)C1(C)CCCO1. The normalized spacial score (nSPS) is 26.7. The molecule has 1 atom stereocenters. The van der Waals surface area contributed by atoms with E-state index >= 15 is 0 Å². The number of aliphatic hydroxyl groups is 1. The Balaban J connectivity index is 2.60. The van der Waals surface area contributed by atoms with E-state index in [0.29, 0.717) is 13.2 Å². The molecular weight excluding hydrogens is 194 g/mol. The number of likely N-dealkylation sites (N-methyl/N-ethyl adjacent to an activating group) is 1. The van der Waals surface area contributed by atoms with Gasteiger partial charge in [-0.1, -0.05) is 0 Å². The van der Waals surface area contributed by atoms with Gasteiger partial charge in [0.05, 0.1) is 5.60 Å². The topological polar surface area (TPSA) is 49.8 Å². The van der Waals surface area contributed by atoms with Gasteiger partial charge in [0.25, 0.3) is 5.91 Å². The lowest BCUT2D eigenvalue weighted by atomic mass is 10.00. The number of carbonyl (C=O) groups excluding carboxylic acids is 1. The Morgan fingerprint density at radius 2 is 2.20 bits per heavy atom. The second kappa shape index (κ2) is 4.10. The van der Waals surface area contributed by atoms with Crippen LogP contribution in [0, 0.1) is 0 Å². The second-order valence-electron chi connectivity index (χ2n) is 5.16. The van der Waals surface area contributed by atoms with E-state index in [1.807, 2.05) is 6.92 Å². The Hall–Kier alpha value is -0.610. The molecular formula is C11H21NO3. The first-order chi connectivity index (χ1) is 6.75. The first-order valence-corrected chi connectivity index (χ1v) is 5.36. The van der Waals surface area contributed by atoms with Crippen LogP contribution in [-0.2, 0) is 9.53 Å². The van der Waals surface area contributed by atoms with Crippen molar-refractivity contribution in [2.24, 2.45) is 0 Å². The van der Waals surface area contributed by atoms with E-state index in [-0.39, 0.29) is 5.91 Å². The molecule has 0 aromatic carbocycles. The summed E-state index contributed by atoms with van der Waals surface area (Å²) in [5, 5.41) is 9.63. The fourth-order valence-electron chi connectivity index (χ4n) is 2.00. The average molecular weight is 215 g/mol. The number of hydrogen-bond acceptors (Lipinski definition) is 3. The van der Waals surface area contributed by atoms with Gasteiger partial charge in [0.1, 0.15) is 5.60 Å². The van der Waals surface area contributed by atoms with Crippen molar-refractivity contribution in [3.8, 4) is 0 Å². The lowest BCUT2D eigenvalue weighted by Crippen LogP contribution is -2.49. The summed E-state index contributed by atoms with van der Waals surface area (Å²) in [5.74, 6) is -0.0397. The highest BCUT2D eigenvalue weighted by Crippen LogP contribution is 2.27. The monoisotopic (exact) mass is 215 g/mol. The molecule has 1 fully saturated rings. The Morgan fingerprint density at radius 3 is 2.60 bits per heavy atom. The molecule has 4 nitrogen and oxygen atoms in total. The van der Waals surface area contributed by atoms with Crippen molar-refractivity contribution in [2.75, 3.05) is 20.2 Å². The van der Waals surface area contributed by atoms with E-state index in [1.165, 1.54) is 0 Å². The van der Waals surface area contributed by atoms with E-state index < -0.39 is 11.2 Å². The molecule has 4 heteroatoms. The van der Waals surface area contributed by atoms with Crippen molar-refractivity contribution in [3.63, 3.8) is 0 Å². The number of amides is 1. The molecule has 1 amide bonds. The fourth-order valence-corrected chi connectivity index (χ4v) is 2.00. The average Bonchev–Trinajstić information content (AvgIpc) is 2.49. The molecule has 1 saturated heterocycles. The maximum Gasteiger partial charge on any atom is 0.254 e. The summed E-state index contributed by atoms with van der Waals surface area (Å²) in [6.45, 7) is 6.18. The summed E-state index contributed by atoms with van der Waals surface area (Å²) in [5.41, 5.74) is -1.54. The fraction of sp³-hybridized carbons (Fsp3) is 0.909. The maximum absolute atomic E-state index is 12.0. The molecule has 88 valence electrons. The second-order valence-corrected chi connectivity index (χ2v) is 5.16. The van der Waals surface area contributed by atoms with Crippen LogP contribution in [-0.4, -0.2) is 47.3 Å². The van der Waals surface area contributed by atoms with Gasteiger partial charge >= 0.3 is 0 Å². The molecule has 0 bridgehead atoms. The lowest BCUT2D eigenvalue weighted by Gasteiger charge is -2.31. The Morgan fingerprint density at radius 1 is 1.60 bits per heavy atom.